The second-order valence-corrected chi connectivity index (χ2v) is 7.04. The Kier molecular flexibility index (Phi) is 4.63. The Balaban J connectivity index is 1.52. The highest BCUT2D eigenvalue weighted by molar-refractivity contribution is 5.99. The van der Waals surface area contributed by atoms with Crippen LogP contribution in [0.1, 0.15) is 28.8 Å². The third-order valence-corrected chi connectivity index (χ3v) is 5.06. The van der Waals surface area contributed by atoms with Gasteiger partial charge in [0.1, 0.15) is 0 Å². The predicted octanol–water partition coefficient (Wildman–Crippen LogP) is 4.24. The quantitative estimate of drug-likeness (QED) is 0.700. The van der Waals surface area contributed by atoms with Gasteiger partial charge < -0.3 is 9.80 Å². The summed E-state index contributed by atoms with van der Waals surface area (Å²) in [6.45, 7) is 1.26. The molecule has 3 aromatic rings. The molecule has 0 spiro atoms. The van der Waals surface area contributed by atoms with Crippen LogP contribution in [0.25, 0.3) is 10.8 Å². The van der Waals surface area contributed by atoms with Gasteiger partial charge in [-0.15, -0.1) is 0 Å². The van der Waals surface area contributed by atoms with Crippen molar-refractivity contribution >= 4 is 28.3 Å². The van der Waals surface area contributed by atoms with Gasteiger partial charge in [0, 0.05) is 37.8 Å². The van der Waals surface area contributed by atoms with Crippen LogP contribution in [0.5, 0.6) is 0 Å². The van der Waals surface area contributed by atoms with Crippen LogP contribution >= 0.6 is 0 Å². The Bertz CT molecular complexity index is 1010. The van der Waals surface area contributed by atoms with Crippen molar-refractivity contribution in [1.82, 2.24) is 4.90 Å². The van der Waals surface area contributed by atoms with E-state index in [0.29, 0.717) is 18.5 Å². The molecule has 0 N–H and O–H groups in total. The van der Waals surface area contributed by atoms with Gasteiger partial charge in [-0.3, -0.25) is 9.59 Å². The van der Waals surface area contributed by atoms with Gasteiger partial charge in [0.2, 0.25) is 5.91 Å². The summed E-state index contributed by atoms with van der Waals surface area (Å²) in [6.07, 6.45) is 1.46. The third-order valence-electron chi connectivity index (χ3n) is 5.06. The van der Waals surface area contributed by atoms with Crippen LogP contribution in [0.3, 0.4) is 0 Å². The lowest BCUT2D eigenvalue weighted by Gasteiger charge is -2.20. The van der Waals surface area contributed by atoms with Crippen molar-refractivity contribution in [3.8, 4) is 0 Å². The number of benzene rings is 3. The molecule has 4 rings (SSSR count). The minimum Gasteiger partial charge on any atom is -0.337 e. The van der Waals surface area contributed by atoms with E-state index in [9.17, 15) is 9.59 Å². The molecule has 0 atom stereocenters. The highest BCUT2D eigenvalue weighted by Crippen LogP contribution is 2.23. The van der Waals surface area contributed by atoms with E-state index in [-0.39, 0.29) is 11.8 Å². The number of amides is 2. The standard InChI is InChI=1S/C23H22N2O2/c1-24(16-17-11-12-18-6-2-3-7-19(18)14-17)23(27)20-8-4-9-21(15-20)25-13-5-10-22(25)26/h2-4,6-9,11-12,14-15H,5,10,13,16H2,1H3. The largest absolute Gasteiger partial charge is 0.337 e. The lowest BCUT2D eigenvalue weighted by Crippen LogP contribution is -2.27. The molecule has 0 aromatic heterocycles. The zero-order valence-corrected chi connectivity index (χ0v) is 15.4. The first-order valence-electron chi connectivity index (χ1n) is 9.25. The number of nitrogens with zero attached hydrogens (tertiary/aromatic N) is 2. The average Bonchev–Trinajstić information content (AvgIpc) is 3.13. The molecule has 0 saturated carbocycles. The van der Waals surface area contributed by atoms with Gasteiger partial charge in [-0.25, -0.2) is 0 Å². The van der Waals surface area contributed by atoms with E-state index in [2.05, 4.69) is 30.3 Å². The van der Waals surface area contributed by atoms with Gasteiger partial charge in [0.05, 0.1) is 0 Å². The molecule has 0 radical (unpaired) electrons. The molecule has 1 aliphatic heterocycles. The molecule has 0 unspecified atom stereocenters. The van der Waals surface area contributed by atoms with Crippen LogP contribution in [0, 0.1) is 0 Å². The Morgan fingerprint density at radius 2 is 1.81 bits per heavy atom. The summed E-state index contributed by atoms with van der Waals surface area (Å²) in [6, 6.07) is 21.8. The van der Waals surface area contributed by atoms with E-state index >= 15 is 0 Å². The van der Waals surface area contributed by atoms with Crippen molar-refractivity contribution in [3.63, 3.8) is 0 Å². The van der Waals surface area contributed by atoms with Gasteiger partial charge in [-0.1, -0.05) is 42.5 Å². The Morgan fingerprint density at radius 3 is 2.59 bits per heavy atom. The summed E-state index contributed by atoms with van der Waals surface area (Å²) in [4.78, 5) is 28.3. The fourth-order valence-corrected chi connectivity index (χ4v) is 3.63. The number of anilines is 1. The Labute approximate surface area is 159 Å². The van der Waals surface area contributed by atoms with Crippen molar-refractivity contribution in [1.29, 1.82) is 0 Å². The van der Waals surface area contributed by atoms with Gasteiger partial charge >= 0.3 is 0 Å². The van der Waals surface area contributed by atoms with Crippen LogP contribution in [-0.2, 0) is 11.3 Å². The molecule has 0 aliphatic carbocycles. The van der Waals surface area contributed by atoms with Gasteiger partial charge in [0.25, 0.3) is 5.91 Å². The molecule has 4 heteroatoms. The maximum atomic E-state index is 12.9. The number of carbonyl (C=O) groups is 2. The van der Waals surface area contributed by atoms with Crippen LogP contribution < -0.4 is 4.90 Å². The molecule has 0 bridgehead atoms. The maximum Gasteiger partial charge on any atom is 0.253 e. The fourth-order valence-electron chi connectivity index (χ4n) is 3.63. The van der Waals surface area contributed by atoms with Crippen LogP contribution in [0.15, 0.2) is 66.7 Å². The molecule has 1 fully saturated rings. The number of carbonyl (C=O) groups excluding carboxylic acids is 2. The average molecular weight is 358 g/mol. The first-order valence-corrected chi connectivity index (χ1v) is 9.25. The predicted molar refractivity (Wildman–Crippen MR) is 108 cm³/mol. The summed E-state index contributed by atoms with van der Waals surface area (Å²) in [5, 5.41) is 2.36. The van der Waals surface area contributed by atoms with E-state index in [0.717, 1.165) is 24.2 Å². The molecular weight excluding hydrogens is 336 g/mol. The SMILES string of the molecule is CN(Cc1ccc2ccccc2c1)C(=O)c1cccc(N2CCCC2=O)c1. The molecule has 1 aliphatic rings. The van der Waals surface area contributed by atoms with Crippen molar-refractivity contribution in [2.75, 3.05) is 18.5 Å². The molecule has 4 nitrogen and oxygen atoms in total. The molecule has 2 amide bonds. The molecule has 1 saturated heterocycles. The zero-order valence-electron chi connectivity index (χ0n) is 15.4. The van der Waals surface area contributed by atoms with Crippen molar-refractivity contribution in [3.05, 3.63) is 77.9 Å². The first kappa shape index (κ1) is 17.3. The van der Waals surface area contributed by atoms with E-state index in [1.807, 2.05) is 43.4 Å². The zero-order chi connectivity index (χ0) is 18.8. The van der Waals surface area contributed by atoms with E-state index in [1.54, 1.807) is 9.80 Å². The van der Waals surface area contributed by atoms with Gasteiger partial charge in [-0.2, -0.15) is 0 Å². The second kappa shape index (κ2) is 7.23. The second-order valence-electron chi connectivity index (χ2n) is 7.04. The topological polar surface area (TPSA) is 40.6 Å². The lowest BCUT2D eigenvalue weighted by molar-refractivity contribution is -0.117. The highest BCUT2D eigenvalue weighted by atomic mass is 16.2. The van der Waals surface area contributed by atoms with Crippen LogP contribution in [0.4, 0.5) is 5.69 Å². The maximum absolute atomic E-state index is 12.9. The lowest BCUT2D eigenvalue weighted by atomic mass is 10.1. The Hall–Kier alpha value is -3.14. The molecule has 3 aromatic carbocycles. The van der Waals surface area contributed by atoms with E-state index in [1.165, 1.54) is 10.8 Å². The Morgan fingerprint density at radius 1 is 1.00 bits per heavy atom. The molecular formula is C23H22N2O2. The highest BCUT2D eigenvalue weighted by Gasteiger charge is 2.22. The van der Waals surface area contributed by atoms with E-state index in [4.69, 9.17) is 0 Å². The summed E-state index contributed by atoms with van der Waals surface area (Å²) in [5.41, 5.74) is 2.51. The minimum atomic E-state index is -0.0448. The number of hydrogen-bond donors (Lipinski definition) is 0. The van der Waals surface area contributed by atoms with Crippen molar-refractivity contribution in [2.24, 2.45) is 0 Å². The van der Waals surface area contributed by atoms with Crippen molar-refractivity contribution in [2.45, 2.75) is 19.4 Å². The third kappa shape index (κ3) is 3.56. The monoisotopic (exact) mass is 358 g/mol. The van der Waals surface area contributed by atoms with Crippen molar-refractivity contribution < 1.29 is 9.59 Å². The minimum absolute atomic E-state index is 0.0448. The van der Waals surface area contributed by atoms with Gasteiger partial charge in [-0.05, 0) is 47.0 Å². The normalized spacial score (nSPS) is 14.0. The summed E-state index contributed by atoms with van der Waals surface area (Å²) in [5.74, 6) is 0.0840. The summed E-state index contributed by atoms with van der Waals surface area (Å²) in [7, 11) is 1.81. The smallest absolute Gasteiger partial charge is 0.253 e. The fraction of sp³-hybridized carbons (Fsp3) is 0.217. The molecule has 136 valence electrons. The van der Waals surface area contributed by atoms with E-state index < -0.39 is 0 Å². The number of hydrogen-bond acceptors (Lipinski definition) is 2. The summed E-state index contributed by atoms with van der Waals surface area (Å²) >= 11 is 0. The summed E-state index contributed by atoms with van der Waals surface area (Å²) < 4.78 is 0. The molecule has 27 heavy (non-hydrogen) atoms. The number of rotatable bonds is 4. The van der Waals surface area contributed by atoms with Crippen LogP contribution in [-0.4, -0.2) is 30.3 Å². The van der Waals surface area contributed by atoms with Crippen LogP contribution in [0.2, 0.25) is 0 Å². The number of fused-ring (bicyclic) bond motifs is 1. The van der Waals surface area contributed by atoms with Gasteiger partial charge in [0.15, 0.2) is 0 Å². The molecule has 1 heterocycles. The first-order chi connectivity index (χ1) is 13.1.